The predicted octanol–water partition coefficient (Wildman–Crippen LogP) is 8.49. The molecule has 2 spiro atoms. The molecule has 2 aromatic rings. The Bertz CT molecular complexity index is 1820. The molecule has 4 aliphatic carbocycles. The minimum atomic E-state index is -2.07. The van der Waals surface area contributed by atoms with Crippen LogP contribution in [-0.4, -0.2) is 40.6 Å². The molecule has 8 heteroatoms. The number of rotatable bonds is 7. The summed E-state index contributed by atoms with van der Waals surface area (Å²) < 4.78 is 19.2. The second kappa shape index (κ2) is 10.9. The van der Waals surface area contributed by atoms with E-state index in [0.29, 0.717) is 41.6 Å². The summed E-state index contributed by atoms with van der Waals surface area (Å²) in [6.45, 7) is 26.0. The van der Waals surface area contributed by atoms with Gasteiger partial charge >= 0.3 is 11.4 Å². The number of hydrogen-bond donors (Lipinski definition) is 0. The number of para-hydroxylation sites is 1. The first-order chi connectivity index (χ1) is 23.4. The van der Waals surface area contributed by atoms with E-state index >= 15 is 9.59 Å². The van der Waals surface area contributed by atoms with Gasteiger partial charge in [-0.1, -0.05) is 92.7 Å². The lowest BCUT2D eigenvalue weighted by Gasteiger charge is -2.71. The molecule has 2 bridgehead atoms. The summed E-state index contributed by atoms with van der Waals surface area (Å²) in [7, 11) is -2.07. The number of ether oxygens (including phenoxy) is 1. The van der Waals surface area contributed by atoms with E-state index in [1.165, 1.54) is 4.57 Å². The summed E-state index contributed by atoms with van der Waals surface area (Å²) in [6, 6.07) is 9.62. The summed E-state index contributed by atoms with van der Waals surface area (Å²) in [5.41, 5.74) is -1.02. The Morgan fingerprint density at radius 3 is 2.20 bits per heavy atom. The molecule has 50 heavy (non-hydrogen) atoms. The second-order valence-electron chi connectivity index (χ2n) is 20.0. The lowest BCUT2D eigenvalue weighted by Crippen LogP contribution is -2.76. The van der Waals surface area contributed by atoms with Gasteiger partial charge in [0, 0.05) is 17.9 Å². The van der Waals surface area contributed by atoms with E-state index in [9.17, 15) is 0 Å². The zero-order chi connectivity index (χ0) is 36.0. The van der Waals surface area contributed by atoms with Crippen LogP contribution in [0.4, 0.5) is 0 Å². The molecule has 7 aliphatic rings. The lowest BCUT2D eigenvalue weighted by molar-refractivity contribution is -0.199. The molecule has 7 nitrogen and oxygen atoms in total. The predicted molar refractivity (Wildman–Crippen MR) is 202 cm³/mol. The number of hydrogen-bond acceptors (Lipinski definition) is 4. The number of allylic oxidation sites excluding steroid dienone is 2. The molecular formula is C42H63N3O4Si. The Balaban J connectivity index is 1.27. The van der Waals surface area contributed by atoms with Crippen molar-refractivity contribution in [2.24, 2.45) is 46.3 Å². The molecule has 12 atom stereocenters. The van der Waals surface area contributed by atoms with E-state index < -0.39 is 19.4 Å². The van der Waals surface area contributed by atoms with Crippen molar-refractivity contribution in [3.8, 4) is 5.69 Å². The highest BCUT2D eigenvalue weighted by Crippen LogP contribution is 2.74. The standard InChI is InChI=1S/C42H63N3O4Si/c1-26(2)27(3)34-35(48-34)28(4)31-17-18-32-39(31,8)21-20-33-40(9)22-19-30(49-50(10,11)38(5,6)7)25-41(40)23-24-42(32,33)45-37(47)43(36(46)44(41)45)29-15-13-12-14-16-29/h12-16,23-24,26-28,30-35H,17-22,25H2,1-11H3/t27-,28+,30+,31-,32-,33-,34?,35?,39-,40-,41-,42+/m1/s1. The monoisotopic (exact) mass is 701 g/mol. The van der Waals surface area contributed by atoms with Gasteiger partial charge in [-0.05, 0) is 110 Å². The Morgan fingerprint density at radius 2 is 1.54 bits per heavy atom. The van der Waals surface area contributed by atoms with Crippen LogP contribution in [-0.2, 0) is 20.2 Å². The van der Waals surface area contributed by atoms with Gasteiger partial charge in [-0.3, -0.25) is 0 Å². The van der Waals surface area contributed by atoms with Crippen LogP contribution < -0.4 is 11.4 Å². The van der Waals surface area contributed by atoms with Gasteiger partial charge in [0.15, 0.2) is 8.32 Å². The van der Waals surface area contributed by atoms with Crippen molar-refractivity contribution in [3.05, 3.63) is 63.5 Å². The topological polar surface area (TPSA) is 70.7 Å². The molecule has 1 aromatic heterocycles. The Hall–Kier alpha value is -2.16. The van der Waals surface area contributed by atoms with Gasteiger partial charge in [0.2, 0.25) is 0 Å². The van der Waals surface area contributed by atoms with E-state index in [-0.39, 0.29) is 45.2 Å². The minimum absolute atomic E-state index is 0.0417. The van der Waals surface area contributed by atoms with E-state index in [1.807, 2.05) is 39.7 Å². The Labute approximate surface area is 300 Å². The summed E-state index contributed by atoms with van der Waals surface area (Å²) in [6.07, 6.45) is 12.8. The lowest BCUT2D eigenvalue weighted by atomic mass is 9.40. The van der Waals surface area contributed by atoms with Gasteiger partial charge in [0.1, 0.15) is 0 Å². The average Bonchev–Trinajstić information content (AvgIpc) is 3.69. The van der Waals surface area contributed by atoms with E-state index in [0.717, 1.165) is 44.9 Å². The second-order valence-corrected chi connectivity index (χ2v) is 24.8. The zero-order valence-corrected chi connectivity index (χ0v) is 33.7. The van der Waals surface area contributed by atoms with Crippen molar-refractivity contribution in [2.75, 3.05) is 0 Å². The van der Waals surface area contributed by atoms with Crippen LogP contribution in [0.3, 0.4) is 0 Å². The maximum Gasteiger partial charge on any atom is 0.352 e. The van der Waals surface area contributed by atoms with Gasteiger partial charge < -0.3 is 9.16 Å². The molecule has 1 saturated heterocycles. The van der Waals surface area contributed by atoms with Crippen LogP contribution >= 0.6 is 0 Å². The molecule has 4 heterocycles. The Kier molecular flexibility index (Phi) is 7.64. The van der Waals surface area contributed by atoms with Gasteiger partial charge in [-0.2, -0.15) is 0 Å². The van der Waals surface area contributed by atoms with Crippen molar-refractivity contribution in [2.45, 2.75) is 155 Å². The van der Waals surface area contributed by atoms with Crippen molar-refractivity contribution in [1.82, 2.24) is 13.9 Å². The molecule has 2 unspecified atom stereocenters. The fraction of sp³-hybridized carbons (Fsp3) is 0.762. The number of epoxide rings is 1. The fourth-order valence-electron chi connectivity index (χ4n) is 12.6. The summed E-state index contributed by atoms with van der Waals surface area (Å²) in [5.74, 6) is 2.68. The highest BCUT2D eigenvalue weighted by atomic mass is 28.4. The fourth-order valence-corrected chi connectivity index (χ4v) is 14.0. The quantitative estimate of drug-likeness (QED) is 0.165. The third-order valence-electron chi connectivity index (χ3n) is 16.7. The first kappa shape index (κ1) is 34.9. The van der Waals surface area contributed by atoms with Crippen LogP contribution in [0.2, 0.25) is 18.1 Å². The van der Waals surface area contributed by atoms with E-state index in [2.05, 4.69) is 87.6 Å². The van der Waals surface area contributed by atoms with Gasteiger partial charge in [0.25, 0.3) is 0 Å². The summed E-state index contributed by atoms with van der Waals surface area (Å²) in [5, 5.41) is 0.0907. The molecule has 0 N–H and O–H groups in total. The van der Waals surface area contributed by atoms with Gasteiger partial charge in [0.05, 0.1) is 29.0 Å². The first-order valence-corrected chi connectivity index (χ1v) is 22.8. The van der Waals surface area contributed by atoms with Crippen LogP contribution in [0.15, 0.2) is 52.1 Å². The number of aromatic nitrogens is 3. The summed E-state index contributed by atoms with van der Waals surface area (Å²) >= 11 is 0. The third-order valence-corrected chi connectivity index (χ3v) is 21.2. The molecule has 9 rings (SSSR count). The van der Waals surface area contributed by atoms with Crippen molar-refractivity contribution >= 4 is 8.32 Å². The number of benzene rings is 1. The zero-order valence-electron chi connectivity index (χ0n) is 32.7. The number of nitrogens with zero attached hydrogens (tertiary/aromatic N) is 3. The van der Waals surface area contributed by atoms with Crippen molar-refractivity contribution in [3.63, 3.8) is 0 Å². The average molecular weight is 702 g/mol. The van der Waals surface area contributed by atoms with Crippen LogP contribution in [0, 0.1) is 46.3 Å². The molecule has 0 radical (unpaired) electrons. The van der Waals surface area contributed by atoms with Crippen LogP contribution in [0.1, 0.15) is 107 Å². The molecule has 274 valence electrons. The highest BCUT2D eigenvalue weighted by Gasteiger charge is 2.75. The van der Waals surface area contributed by atoms with Crippen molar-refractivity contribution < 1.29 is 9.16 Å². The maximum atomic E-state index is 15.1. The largest absolute Gasteiger partial charge is 0.414 e. The molecule has 4 fully saturated rings. The van der Waals surface area contributed by atoms with Crippen LogP contribution in [0.25, 0.3) is 5.69 Å². The molecular weight excluding hydrogens is 639 g/mol. The highest BCUT2D eigenvalue weighted by molar-refractivity contribution is 6.74. The molecule has 0 amide bonds. The maximum absolute atomic E-state index is 15.1. The van der Waals surface area contributed by atoms with E-state index in [4.69, 9.17) is 9.16 Å². The first-order valence-electron chi connectivity index (χ1n) is 19.9. The minimum Gasteiger partial charge on any atom is -0.414 e. The van der Waals surface area contributed by atoms with Crippen LogP contribution in [0.5, 0.6) is 0 Å². The van der Waals surface area contributed by atoms with Gasteiger partial charge in [-0.15, -0.1) is 0 Å². The normalized spacial score (nSPS) is 41.4. The smallest absolute Gasteiger partial charge is 0.352 e. The summed E-state index contributed by atoms with van der Waals surface area (Å²) in [4.78, 5) is 30.2. The Morgan fingerprint density at radius 1 is 0.860 bits per heavy atom. The van der Waals surface area contributed by atoms with Gasteiger partial charge in [-0.25, -0.2) is 23.5 Å². The molecule has 3 aliphatic heterocycles. The number of fused-ring (bicyclic) bond motifs is 1. The molecule has 1 aromatic carbocycles. The SMILES string of the molecule is CC(C)[C@@H](C)C1OC1[C@@H](C)[C@H]1CC[C@@H]2[C@]1(C)CC[C@H]1[C@]23C=C[C@]2(C[C@@H](O[Si](C)(C)C(C)(C)C)CC[C@]12C)n1c(=O)n(-c2ccccc2)c(=O)n13. The van der Waals surface area contributed by atoms with E-state index in [1.54, 1.807) is 0 Å². The molecule has 3 saturated carbocycles. The third kappa shape index (κ3) is 4.33. The van der Waals surface area contributed by atoms with Crippen molar-refractivity contribution in [1.29, 1.82) is 0 Å².